The first-order valence-electron chi connectivity index (χ1n) is 7.45. The molecule has 0 fully saturated rings. The van der Waals surface area contributed by atoms with Crippen LogP contribution in [0.15, 0.2) is 65.4 Å². The number of benzene rings is 1. The van der Waals surface area contributed by atoms with E-state index in [4.69, 9.17) is 16.0 Å². The molecule has 25 heavy (non-hydrogen) atoms. The minimum absolute atomic E-state index is 0.130. The van der Waals surface area contributed by atoms with Crippen LogP contribution in [0, 0.1) is 0 Å². The molecule has 0 aliphatic carbocycles. The maximum atomic E-state index is 12.3. The number of amides is 2. The van der Waals surface area contributed by atoms with Crippen molar-refractivity contribution in [3.63, 3.8) is 0 Å². The third kappa shape index (κ3) is 4.45. The summed E-state index contributed by atoms with van der Waals surface area (Å²) in [5.41, 5.74) is 1.01. The van der Waals surface area contributed by atoms with Crippen LogP contribution in [0.5, 0.6) is 0 Å². The van der Waals surface area contributed by atoms with Gasteiger partial charge in [-0.25, -0.2) is 0 Å². The Balaban J connectivity index is 1.67. The zero-order valence-corrected chi connectivity index (χ0v) is 13.8. The summed E-state index contributed by atoms with van der Waals surface area (Å²) < 4.78 is 5.16. The van der Waals surface area contributed by atoms with Crippen molar-refractivity contribution in [3.05, 3.63) is 83.0 Å². The minimum Gasteiger partial charge on any atom is -0.467 e. The van der Waals surface area contributed by atoms with Gasteiger partial charge in [-0.15, -0.1) is 0 Å². The highest BCUT2D eigenvalue weighted by Crippen LogP contribution is 2.15. The summed E-state index contributed by atoms with van der Waals surface area (Å²) in [7, 11) is 0. The summed E-state index contributed by atoms with van der Waals surface area (Å²) >= 11 is 5.89. The average molecular weight is 356 g/mol. The Labute approximate surface area is 148 Å². The second-order valence-corrected chi connectivity index (χ2v) is 5.59. The van der Waals surface area contributed by atoms with Gasteiger partial charge < -0.3 is 15.1 Å². The highest BCUT2D eigenvalue weighted by atomic mass is 35.5. The van der Waals surface area contributed by atoms with Crippen LogP contribution in [0.1, 0.15) is 26.6 Å². The molecule has 2 N–H and O–H groups in total. The standard InChI is InChI=1S/C18H14ClN3O3/c19-13-3-1-4-14(10-13)22-18(24)16-9-12(6-7-20-16)17(23)21-11-15-5-2-8-25-15/h1-10H,11H2,(H,21,23)(H,22,24). The van der Waals surface area contributed by atoms with Crippen LogP contribution in [0.25, 0.3) is 0 Å². The molecule has 2 aromatic heterocycles. The second kappa shape index (κ2) is 7.63. The van der Waals surface area contributed by atoms with Crippen molar-refractivity contribution in [2.24, 2.45) is 0 Å². The number of anilines is 1. The quantitative estimate of drug-likeness (QED) is 0.733. The Bertz CT molecular complexity index is 894. The maximum Gasteiger partial charge on any atom is 0.274 e. The third-order valence-electron chi connectivity index (χ3n) is 3.34. The number of hydrogen-bond acceptors (Lipinski definition) is 4. The molecule has 0 aliphatic heterocycles. The highest BCUT2D eigenvalue weighted by Gasteiger charge is 2.12. The Morgan fingerprint density at radius 2 is 1.96 bits per heavy atom. The average Bonchev–Trinajstić information content (AvgIpc) is 3.13. The molecule has 0 radical (unpaired) electrons. The van der Waals surface area contributed by atoms with E-state index in [1.165, 1.54) is 24.6 Å². The van der Waals surface area contributed by atoms with Crippen molar-refractivity contribution < 1.29 is 14.0 Å². The molecule has 0 bridgehead atoms. The van der Waals surface area contributed by atoms with Crippen molar-refractivity contribution in [3.8, 4) is 0 Å². The molecule has 0 spiro atoms. The normalized spacial score (nSPS) is 10.3. The van der Waals surface area contributed by atoms with Gasteiger partial charge in [-0.2, -0.15) is 0 Å². The predicted octanol–water partition coefficient (Wildman–Crippen LogP) is 3.51. The van der Waals surface area contributed by atoms with Gasteiger partial charge in [0.15, 0.2) is 0 Å². The molecular formula is C18H14ClN3O3. The number of rotatable bonds is 5. The number of furan rings is 1. The lowest BCUT2D eigenvalue weighted by Gasteiger charge is -2.07. The Hall–Kier alpha value is -3.12. The fraction of sp³-hybridized carbons (Fsp3) is 0.0556. The van der Waals surface area contributed by atoms with Gasteiger partial charge in [0.2, 0.25) is 0 Å². The number of halogens is 1. The molecule has 0 atom stereocenters. The van der Waals surface area contributed by atoms with E-state index < -0.39 is 5.91 Å². The lowest BCUT2D eigenvalue weighted by Crippen LogP contribution is -2.23. The van der Waals surface area contributed by atoms with Gasteiger partial charge in [0.1, 0.15) is 11.5 Å². The van der Waals surface area contributed by atoms with E-state index >= 15 is 0 Å². The fourth-order valence-electron chi connectivity index (χ4n) is 2.14. The third-order valence-corrected chi connectivity index (χ3v) is 3.58. The SMILES string of the molecule is O=C(NCc1ccco1)c1ccnc(C(=O)Nc2cccc(Cl)c2)c1. The van der Waals surface area contributed by atoms with Crippen molar-refractivity contribution in [2.75, 3.05) is 5.32 Å². The lowest BCUT2D eigenvalue weighted by atomic mass is 10.2. The molecule has 3 rings (SSSR count). The summed E-state index contributed by atoms with van der Waals surface area (Å²) in [6, 6.07) is 13.2. The molecule has 3 aromatic rings. The molecule has 0 saturated heterocycles. The van der Waals surface area contributed by atoms with Crippen LogP contribution < -0.4 is 10.6 Å². The second-order valence-electron chi connectivity index (χ2n) is 5.16. The van der Waals surface area contributed by atoms with Gasteiger partial charge in [0.25, 0.3) is 11.8 Å². The molecule has 7 heteroatoms. The predicted molar refractivity (Wildman–Crippen MR) is 93.5 cm³/mol. The van der Waals surface area contributed by atoms with E-state index in [-0.39, 0.29) is 18.1 Å². The summed E-state index contributed by atoms with van der Waals surface area (Å²) in [4.78, 5) is 28.5. The molecule has 2 heterocycles. The van der Waals surface area contributed by atoms with Crippen molar-refractivity contribution in [2.45, 2.75) is 6.54 Å². The Kier molecular flexibility index (Phi) is 5.11. The monoisotopic (exact) mass is 355 g/mol. The number of pyridine rings is 1. The summed E-state index contributed by atoms with van der Waals surface area (Å²) in [6.07, 6.45) is 2.95. The van der Waals surface area contributed by atoms with E-state index in [0.717, 1.165) is 0 Å². The molecule has 6 nitrogen and oxygen atoms in total. The van der Waals surface area contributed by atoms with Gasteiger partial charge in [0, 0.05) is 22.5 Å². The van der Waals surface area contributed by atoms with Crippen molar-refractivity contribution in [1.82, 2.24) is 10.3 Å². The Morgan fingerprint density at radius 1 is 1.08 bits per heavy atom. The minimum atomic E-state index is -0.428. The van der Waals surface area contributed by atoms with E-state index in [0.29, 0.717) is 22.0 Å². The lowest BCUT2D eigenvalue weighted by molar-refractivity contribution is 0.0948. The van der Waals surface area contributed by atoms with Gasteiger partial charge in [0.05, 0.1) is 12.8 Å². The zero-order valence-electron chi connectivity index (χ0n) is 13.0. The highest BCUT2D eigenvalue weighted by molar-refractivity contribution is 6.30. The number of nitrogens with zero attached hydrogens (tertiary/aromatic N) is 1. The van der Waals surface area contributed by atoms with Crippen LogP contribution in [-0.2, 0) is 6.54 Å². The van der Waals surface area contributed by atoms with E-state index in [2.05, 4.69) is 15.6 Å². The van der Waals surface area contributed by atoms with E-state index in [1.54, 1.807) is 36.4 Å². The zero-order chi connectivity index (χ0) is 17.6. The van der Waals surface area contributed by atoms with Crippen LogP contribution in [0.3, 0.4) is 0 Å². The molecule has 0 saturated carbocycles. The van der Waals surface area contributed by atoms with Crippen LogP contribution in [0.4, 0.5) is 5.69 Å². The Morgan fingerprint density at radius 3 is 2.72 bits per heavy atom. The van der Waals surface area contributed by atoms with Gasteiger partial charge in [-0.1, -0.05) is 17.7 Å². The summed E-state index contributed by atoms with van der Waals surface area (Å²) in [5.74, 6) is -0.111. The van der Waals surface area contributed by atoms with Crippen LogP contribution in [-0.4, -0.2) is 16.8 Å². The molecule has 2 amide bonds. The summed E-state index contributed by atoms with van der Waals surface area (Å²) in [5, 5.41) is 5.91. The number of aromatic nitrogens is 1. The first kappa shape index (κ1) is 16.7. The number of hydrogen-bond donors (Lipinski definition) is 2. The van der Waals surface area contributed by atoms with E-state index in [1.807, 2.05) is 0 Å². The smallest absolute Gasteiger partial charge is 0.274 e. The number of nitrogens with one attached hydrogen (secondary N) is 2. The largest absolute Gasteiger partial charge is 0.467 e. The maximum absolute atomic E-state index is 12.3. The van der Waals surface area contributed by atoms with Crippen molar-refractivity contribution >= 4 is 29.1 Å². The topological polar surface area (TPSA) is 84.2 Å². The summed E-state index contributed by atoms with van der Waals surface area (Å²) in [6.45, 7) is 0.262. The number of carbonyl (C=O) groups excluding carboxylic acids is 2. The van der Waals surface area contributed by atoms with Gasteiger partial charge in [-0.3, -0.25) is 14.6 Å². The molecule has 0 unspecified atom stereocenters. The van der Waals surface area contributed by atoms with E-state index in [9.17, 15) is 9.59 Å². The van der Waals surface area contributed by atoms with Crippen molar-refractivity contribution in [1.29, 1.82) is 0 Å². The first-order valence-corrected chi connectivity index (χ1v) is 7.83. The van der Waals surface area contributed by atoms with Crippen LogP contribution >= 0.6 is 11.6 Å². The first-order chi connectivity index (χ1) is 12.1. The molecule has 126 valence electrons. The van der Waals surface area contributed by atoms with Crippen LogP contribution in [0.2, 0.25) is 5.02 Å². The van der Waals surface area contributed by atoms with Gasteiger partial charge >= 0.3 is 0 Å². The molecule has 1 aromatic carbocycles. The molecular weight excluding hydrogens is 342 g/mol. The number of carbonyl (C=O) groups is 2. The fourth-order valence-corrected chi connectivity index (χ4v) is 2.33. The van der Waals surface area contributed by atoms with Gasteiger partial charge in [-0.05, 0) is 42.5 Å². The molecule has 0 aliphatic rings.